The summed E-state index contributed by atoms with van der Waals surface area (Å²) in [7, 11) is 0. The van der Waals surface area contributed by atoms with Gasteiger partial charge in [-0.3, -0.25) is 0 Å². The molecule has 4 nitrogen and oxygen atoms in total. The average Bonchev–Trinajstić information content (AvgIpc) is 2.76. The molecule has 17 heavy (non-hydrogen) atoms. The van der Waals surface area contributed by atoms with Gasteiger partial charge >= 0.3 is 5.97 Å². The molecule has 0 bridgehead atoms. The third-order valence-corrected chi connectivity index (χ3v) is 3.16. The lowest BCUT2D eigenvalue weighted by Gasteiger charge is -2.03. The van der Waals surface area contributed by atoms with Crippen molar-refractivity contribution in [3.63, 3.8) is 0 Å². The largest absolute Gasteiger partial charge is 0.478 e. The maximum absolute atomic E-state index is 10.8. The molecule has 0 saturated carbocycles. The summed E-state index contributed by atoms with van der Waals surface area (Å²) in [4.78, 5) is 10.8. The molecule has 0 aliphatic carbocycles. The van der Waals surface area contributed by atoms with Gasteiger partial charge in [0.05, 0.1) is 12.8 Å². The topological polar surface area (TPSA) is 62.5 Å². The molecular formula is C12H19NO3S. The number of carboxylic acids is 1. The number of unbranched alkanes of at least 4 members (excludes halogenated alkanes) is 2. The van der Waals surface area contributed by atoms with Crippen LogP contribution in [0, 0.1) is 0 Å². The zero-order valence-corrected chi connectivity index (χ0v) is 10.9. The van der Waals surface area contributed by atoms with Crippen LogP contribution in [0.3, 0.4) is 0 Å². The minimum Gasteiger partial charge on any atom is -0.478 e. The Morgan fingerprint density at radius 2 is 2.29 bits per heavy atom. The van der Waals surface area contributed by atoms with Crippen LogP contribution < -0.4 is 5.32 Å². The van der Waals surface area contributed by atoms with E-state index < -0.39 is 5.97 Å². The molecule has 96 valence electrons. The minimum atomic E-state index is -0.935. The minimum absolute atomic E-state index is 0.250. The molecule has 1 aromatic rings. The number of hydrogen-bond acceptors (Lipinski definition) is 4. The number of hydrogen-bond donors (Lipinski definition) is 2. The molecule has 0 aromatic carbocycles. The van der Waals surface area contributed by atoms with Crippen molar-refractivity contribution in [3.05, 3.63) is 23.7 Å². The lowest BCUT2D eigenvalue weighted by molar-refractivity contribution is 0.0694. The quantitative estimate of drug-likeness (QED) is 0.666. The average molecular weight is 257 g/mol. The number of nitrogens with one attached hydrogen (secondary N) is 1. The van der Waals surface area contributed by atoms with Crippen LogP contribution in [-0.4, -0.2) is 29.6 Å². The summed E-state index contributed by atoms with van der Waals surface area (Å²) >= 11 is 1.87. The first kappa shape index (κ1) is 14.1. The molecule has 0 atom stereocenters. The molecule has 0 amide bonds. The normalized spacial score (nSPS) is 10.6. The first-order valence-corrected chi connectivity index (χ1v) is 7.14. The molecule has 5 heteroatoms. The fourth-order valence-corrected chi connectivity index (χ4v) is 2.04. The van der Waals surface area contributed by atoms with E-state index in [-0.39, 0.29) is 5.56 Å². The van der Waals surface area contributed by atoms with Crippen molar-refractivity contribution < 1.29 is 14.3 Å². The van der Waals surface area contributed by atoms with E-state index in [0.717, 1.165) is 13.0 Å². The molecule has 0 fully saturated rings. The van der Waals surface area contributed by atoms with Gasteiger partial charge in [0.2, 0.25) is 0 Å². The highest BCUT2D eigenvalue weighted by Crippen LogP contribution is 2.10. The van der Waals surface area contributed by atoms with Crippen molar-refractivity contribution in [2.45, 2.75) is 25.8 Å². The van der Waals surface area contributed by atoms with E-state index in [1.807, 2.05) is 11.8 Å². The van der Waals surface area contributed by atoms with Crippen LogP contribution >= 0.6 is 11.8 Å². The third-order valence-electron chi connectivity index (χ3n) is 2.46. The highest BCUT2D eigenvalue weighted by molar-refractivity contribution is 7.98. The van der Waals surface area contributed by atoms with Crippen LogP contribution in [0.2, 0.25) is 0 Å². The fraction of sp³-hybridized carbons (Fsp3) is 0.583. The number of furan rings is 1. The third kappa shape index (κ3) is 5.28. The number of carboxylic acid groups (broad SMARTS) is 1. The van der Waals surface area contributed by atoms with E-state index in [4.69, 9.17) is 9.52 Å². The van der Waals surface area contributed by atoms with Crippen molar-refractivity contribution in [1.29, 1.82) is 0 Å². The summed E-state index contributed by atoms with van der Waals surface area (Å²) in [5.74, 6) is 0.776. The van der Waals surface area contributed by atoms with Gasteiger partial charge in [0.1, 0.15) is 11.3 Å². The predicted molar refractivity (Wildman–Crippen MR) is 69.6 cm³/mol. The molecule has 0 radical (unpaired) electrons. The predicted octanol–water partition coefficient (Wildman–Crippen LogP) is 2.60. The second-order valence-corrected chi connectivity index (χ2v) is 4.78. The van der Waals surface area contributed by atoms with E-state index >= 15 is 0 Å². The molecule has 0 aliphatic rings. The standard InChI is InChI=1S/C12H19NO3S/c1-17-8-4-2-3-6-13-9-11-10(12(14)15)5-7-16-11/h5,7,13H,2-4,6,8-9H2,1H3,(H,14,15). The molecular weight excluding hydrogens is 238 g/mol. The summed E-state index contributed by atoms with van der Waals surface area (Å²) in [5.41, 5.74) is 0.250. The van der Waals surface area contributed by atoms with E-state index in [2.05, 4.69) is 11.6 Å². The van der Waals surface area contributed by atoms with E-state index in [1.165, 1.54) is 30.9 Å². The van der Waals surface area contributed by atoms with Gasteiger partial charge in [-0.1, -0.05) is 6.42 Å². The zero-order chi connectivity index (χ0) is 12.5. The van der Waals surface area contributed by atoms with Gasteiger partial charge < -0.3 is 14.8 Å². The number of thioether (sulfide) groups is 1. The van der Waals surface area contributed by atoms with Crippen LogP contribution in [0.15, 0.2) is 16.7 Å². The Morgan fingerprint density at radius 3 is 3.00 bits per heavy atom. The molecule has 0 spiro atoms. The van der Waals surface area contributed by atoms with Gasteiger partial charge in [0.15, 0.2) is 0 Å². The second-order valence-electron chi connectivity index (χ2n) is 3.79. The Balaban J connectivity index is 2.14. The van der Waals surface area contributed by atoms with E-state index in [1.54, 1.807) is 0 Å². The maximum atomic E-state index is 10.8. The summed E-state index contributed by atoms with van der Waals surface area (Å²) in [6.07, 6.45) is 7.09. The lowest BCUT2D eigenvalue weighted by Crippen LogP contribution is -2.16. The van der Waals surface area contributed by atoms with Crippen LogP contribution in [0.1, 0.15) is 35.4 Å². The molecule has 2 N–H and O–H groups in total. The number of rotatable bonds is 9. The Kier molecular flexibility index (Phi) is 6.81. The van der Waals surface area contributed by atoms with Gasteiger partial charge in [0, 0.05) is 0 Å². The smallest absolute Gasteiger partial charge is 0.339 e. The molecule has 1 rings (SSSR count). The Bertz CT molecular complexity index is 338. The van der Waals surface area contributed by atoms with Gasteiger partial charge in [-0.2, -0.15) is 11.8 Å². The van der Waals surface area contributed by atoms with Gasteiger partial charge in [-0.15, -0.1) is 0 Å². The van der Waals surface area contributed by atoms with E-state index in [0.29, 0.717) is 12.3 Å². The van der Waals surface area contributed by atoms with Crippen LogP contribution in [0.25, 0.3) is 0 Å². The monoisotopic (exact) mass is 257 g/mol. The second kappa shape index (κ2) is 8.20. The summed E-state index contributed by atoms with van der Waals surface area (Å²) in [6, 6.07) is 1.48. The van der Waals surface area contributed by atoms with Gasteiger partial charge in [0.25, 0.3) is 0 Å². The molecule has 0 unspecified atom stereocenters. The van der Waals surface area contributed by atoms with Crippen LogP contribution in [-0.2, 0) is 6.54 Å². The molecule has 1 heterocycles. The van der Waals surface area contributed by atoms with Crippen molar-refractivity contribution in [3.8, 4) is 0 Å². The van der Waals surface area contributed by atoms with Crippen LogP contribution in [0.4, 0.5) is 0 Å². The maximum Gasteiger partial charge on any atom is 0.339 e. The van der Waals surface area contributed by atoms with Crippen LogP contribution in [0.5, 0.6) is 0 Å². The summed E-state index contributed by atoms with van der Waals surface area (Å²) < 4.78 is 5.12. The van der Waals surface area contributed by atoms with Crippen molar-refractivity contribution in [2.75, 3.05) is 18.6 Å². The molecule has 0 saturated heterocycles. The fourth-order valence-electron chi connectivity index (χ4n) is 1.54. The Labute approximate surface area is 106 Å². The van der Waals surface area contributed by atoms with E-state index in [9.17, 15) is 4.79 Å². The summed E-state index contributed by atoms with van der Waals surface area (Å²) in [5, 5.41) is 12.1. The van der Waals surface area contributed by atoms with Crippen molar-refractivity contribution in [2.24, 2.45) is 0 Å². The lowest BCUT2D eigenvalue weighted by atomic mass is 10.2. The Morgan fingerprint density at radius 1 is 1.47 bits per heavy atom. The first-order chi connectivity index (χ1) is 8.25. The first-order valence-electron chi connectivity index (χ1n) is 5.75. The number of carbonyl (C=O) groups is 1. The van der Waals surface area contributed by atoms with Crippen molar-refractivity contribution >= 4 is 17.7 Å². The molecule has 0 aliphatic heterocycles. The summed E-state index contributed by atoms with van der Waals surface area (Å²) in [6.45, 7) is 1.38. The Hall–Kier alpha value is -0.940. The highest BCUT2D eigenvalue weighted by Gasteiger charge is 2.12. The molecule has 1 aromatic heterocycles. The highest BCUT2D eigenvalue weighted by atomic mass is 32.2. The SMILES string of the molecule is CSCCCCCNCc1occc1C(=O)O. The van der Waals surface area contributed by atoms with Gasteiger partial charge in [-0.25, -0.2) is 4.79 Å². The van der Waals surface area contributed by atoms with Crippen molar-refractivity contribution in [1.82, 2.24) is 5.32 Å². The number of aromatic carboxylic acids is 1. The van der Waals surface area contributed by atoms with Gasteiger partial charge in [-0.05, 0) is 37.5 Å². The zero-order valence-electron chi connectivity index (χ0n) is 10.1.